The Bertz CT molecular complexity index is 299. The van der Waals surface area contributed by atoms with Crippen molar-refractivity contribution in [3.63, 3.8) is 0 Å². The maximum Gasteiger partial charge on any atom is 0.110 e. The summed E-state index contributed by atoms with van der Waals surface area (Å²) in [5.41, 5.74) is 0. The van der Waals surface area contributed by atoms with Gasteiger partial charge in [-0.15, -0.1) is 11.3 Å². The molecule has 16 heavy (non-hydrogen) atoms. The van der Waals surface area contributed by atoms with Crippen molar-refractivity contribution in [1.82, 2.24) is 0 Å². The van der Waals surface area contributed by atoms with Crippen LogP contribution in [0.15, 0.2) is 17.5 Å². The molecule has 0 amide bonds. The van der Waals surface area contributed by atoms with Crippen molar-refractivity contribution in [2.45, 2.75) is 44.7 Å². The third-order valence-electron chi connectivity index (χ3n) is 2.75. The zero-order valence-electron chi connectivity index (χ0n) is 9.46. The lowest BCUT2D eigenvalue weighted by Gasteiger charge is -2.40. The minimum Gasteiger partial charge on any atom is -0.390 e. The number of aliphatic hydroxyl groups excluding tert-OH is 1. The number of aliphatic hydroxyl groups is 1. The monoisotopic (exact) mass is 242 g/mol. The van der Waals surface area contributed by atoms with Gasteiger partial charge in [0.2, 0.25) is 0 Å². The zero-order chi connectivity index (χ0) is 11.4. The van der Waals surface area contributed by atoms with Crippen LogP contribution in [0.3, 0.4) is 0 Å². The maximum atomic E-state index is 9.56. The molecule has 0 saturated heterocycles. The second-order valence-electron chi connectivity index (χ2n) is 4.07. The first-order valence-corrected chi connectivity index (χ1v) is 6.63. The summed E-state index contributed by atoms with van der Waals surface area (Å²) in [6.07, 6.45) is 1.25. The van der Waals surface area contributed by atoms with Gasteiger partial charge in [-0.2, -0.15) is 0 Å². The summed E-state index contributed by atoms with van der Waals surface area (Å²) in [5, 5.41) is 11.6. The summed E-state index contributed by atoms with van der Waals surface area (Å²) in [6.45, 7) is 3.38. The molecule has 90 valence electrons. The fourth-order valence-corrected chi connectivity index (χ4v) is 2.40. The van der Waals surface area contributed by atoms with Crippen molar-refractivity contribution in [3.05, 3.63) is 22.4 Å². The Morgan fingerprint density at radius 1 is 1.50 bits per heavy atom. The molecule has 1 fully saturated rings. The molecule has 0 bridgehead atoms. The zero-order valence-corrected chi connectivity index (χ0v) is 10.3. The van der Waals surface area contributed by atoms with E-state index in [0.717, 1.165) is 6.42 Å². The van der Waals surface area contributed by atoms with Crippen molar-refractivity contribution in [2.24, 2.45) is 0 Å². The smallest absolute Gasteiger partial charge is 0.110 e. The van der Waals surface area contributed by atoms with Gasteiger partial charge in [-0.25, -0.2) is 0 Å². The number of hydrogen-bond acceptors (Lipinski definition) is 4. The normalized spacial score (nSPS) is 29.0. The van der Waals surface area contributed by atoms with Gasteiger partial charge < -0.3 is 14.6 Å². The first kappa shape index (κ1) is 12.0. The topological polar surface area (TPSA) is 38.7 Å². The van der Waals surface area contributed by atoms with Gasteiger partial charge in [0, 0.05) is 17.9 Å². The summed E-state index contributed by atoms with van der Waals surface area (Å²) in [4.78, 5) is 1.22. The molecule has 1 aliphatic carbocycles. The Morgan fingerprint density at radius 2 is 2.38 bits per heavy atom. The fourth-order valence-electron chi connectivity index (χ4n) is 1.78. The number of rotatable bonds is 6. The molecule has 1 heterocycles. The lowest BCUT2D eigenvalue weighted by atomic mass is 9.88. The van der Waals surface area contributed by atoms with E-state index in [9.17, 15) is 5.11 Å². The summed E-state index contributed by atoms with van der Waals surface area (Å²) >= 11 is 1.69. The molecule has 0 spiro atoms. The summed E-state index contributed by atoms with van der Waals surface area (Å²) in [7, 11) is 0. The molecule has 0 radical (unpaired) electrons. The van der Waals surface area contributed by atoms with Crippen molar-refractivity contribution in [1.29, 1.82) is 0 Å². The van der Waals surface area contributed by atoms with Crippen molar-refractivity contribution < 1.29 is 14.6 Å². The summed E-state index contributed by atoms with van der Waals surface area (Å²) in [6, 6.07) is 4.08. The first-order chi connectivity index (χ1) is 7.81. The molecule has 1 aromatic heterocycles. The lowest BCUT2D eigenvalue weighted by molar-refractivity contribution is -0.195. The van der Waals surface area contributed by atoms with Crippen LogP contribution in [0.4, 0.5) is 0 Å². The molecule has 0 aliphatic heterocycles. The Balaban J connectivity index is 1.73. The summed E-state index contributed by atoms with van der Waals surface area (Å²) < 4.78 is 11.3. The van der Waals surface area contributed by atoms with Gasteiger partial charge in [-0.05, 0) is 17.9 Å². The highest BCUT2D eigenvalue weighted by Gasteiger charge is 2.41. The highest BCUT2D eigenvalue weighted by molar-refractivity contribution is 7.09. The van der Waals surface area contributed by atoms with E-state index < -0.39 is 0 Å². The molecule has 1 aromatic rings. The highest BCUT2D eigenvalue weighted by Crippen LogP contribution is 2.28. The van der Waals surface area contributed by atoms with E-state index in [1.807, 2.05) is 11.4 Å². The van der Waals surface area contributed by atoms with Gasteiger partial charge in [-0.1, -0.05) is 13.0 Å². The highest BCUT2D eigenvalue weighted by atomic mass is 32.1. The molecule has 1 saturated carbocycles. The van der Waals surface area contributed by atoms with E-state index >= 15 is 0 Å². The van der Waals surface area contributed by atoms with Crippen LogP contribution in [0.1, 0.15) is 24.6 Å². The van der Waals surface area contributed by atoms with Crippen molar-refractivity contribution >= 4 is 11.3 Å². The van der Waals surface area contributed by atoms with E-state index in [1.54, 1.807) is 11.3 Å². The van der Waals surface area contributed by atoms with E-state index in [-0.39, 0.29) is 18.3 Å². The van der Waals surface area contributed by atoms with Crippen LogP contribution in [-0.4, -0.2) is 30.0 Å². The van der Waals surface area contributed by atoms with E-state index in [0.29, 0.717) is 19.6 Å². The average molecular weight is 242 g/mol. The minimum absolute atomic E-state index is 0.0589. The average Bonchev–Trinajstić information content (AvgIpc) is 2.77. The van der Waals surface area contributed by atoms with Gasteiger partial charge in [0.25, 0.3) is 0 Å². The van der Waals surface area contributed by atoms with Gasteiger partial charge in [0.05, 0.1) is 18.8 Å². The minimum atomic E-state index is -0.347. The predicted molar refractivity (Wildman–Crippen MR) is 63.6 cm³/mol. The Hall–Kier alpha value is -0.420. The number of thiophene rings is 1. The Morgan fingerprint density at radius 3 is 3.00 bits per heavy atom. The van der Waals surface area contributed by atoms with Crippen LogP contribution in [-0.2, 0) is 16.1 Å². The van der Waals surface area contributed by atoms with Crippen molar-refractivity contribution in [3.8, 4) is 0 Å². The van der Waals surface area contributed by atoms with Gasteiger partial charge in [0.15, 0.2) is 0 Å². The first-order valence-electron chi connectivity index (χ1n) is 5.75. The molecule has 3 nitrogen and oxygen atoms in total. The quantitative estimate of drug-likeness (QED) is 0.831. The number of hydrogen-bond donors (Lipinski definition) is 1. The van der Waals surface area contributed by atoms with E-state index in [2.05, 4.69) is 13.0 Å². The predicted octanol–water partition coefficient (Wildman–Crippen LogP) is 2.19. The molecular formula is C12H18O3S. The number of ether oxygens (including phenoxy) is 2. The maximum absolute atomic E-state index is 9.56. The second-order valence-corrected chi connectivity index (χ2v) is 5.10. The largest absolute Gasteiger partial charge is 0.390 e. The van der Waals surface area contributed by atoms with Crippen LogP contribution in [0.2, 0.25) is 0 Å². The SMILES string of the molecule is CCCOC1C(O)CC1OCc1cccs1. The fraction of sp³-hybridized carbons (Fsp3) is 0.667. The van der Waals surface area contributed by atoms with Crippen LogP contribution < -0.4 is 0 Å². The molecule has 4 heteroatoms. The van der Waals surface area contributed by atoms with Gasteiger partial charge in [-0.3, -0.25) is 0 Å². The van der Waals surface area contributed by atoms with Crippen molar-refractivity contribution in [2.75, 3.05) is 6.61 Å². The molecule has 2 rings (SSSR count). The third-order valence-corrected chi connectivity index (χ3v) is 3.60. The van der Waals surface area contributed by atoms with Crippen LogP contribution in [0.5, 0.6) is 0 Å². The van der Waals surface area contributed by atoms with Gasteiger partial charge in [0.1, 0.15) is 6.10 Å². The van der Waals surface area contributed by atoms with Crippen LogP contribution in [0.25, 0.3) is 0 Å². The van der Waals surface area contributed by atoms with Crippen LogP contribution in [0, 0.1) is 0 Å². The van der Waals surface area contributed by atoms with Crippen LogP contribution >= 0.6 is 11.3 Å². The summed E-state index contributed by atoms with van der Waals surface area (Å²) in [5.74, 6) is 0. The Kier molecular flexibility index (Phi) is 4.35. The lowest BCUT2D eigenvalue weighted by Crippen LogP contribution is -2.53. The molecule has 0 aromatic carbocycles. The second kappa shape index (κ2) is 5.77. The van der Waals surface area contributed by atoms with Gasteiger partial charge >= 0.3 is 0 Å². The standard InChI is InChI=1S/C12H18O3S/c1-2-5-14-12-10(13)7-11(12)15-8-9-4-3-6-16-9/h3-4,6,10-13H,2,5,7-8H2,1H3. The molecule has 1 aliphatic rings. The van der Waals surface area contributed by atoms with E-state index in [1.165, 1.54) is 4.88 Å². The Labute approximate surface area is 100 Å². The molecule has 3 atom stereocenters. The third kappa shape index (κ3) is 2.83. The van der Waals surface area contributed by atoms with E-state index in [4.69, 9.17) is 9.47 Å². The molecular weight excluding hydrogens is 224 g/mol. The molecule has 1 N–H and O–H groups in total. The molecule has 3 unspecified atom stereocenters.